The Morgan fingerprint density at radius 2 is 1.85 bits per heavy atom. The van der Waals surface area contributed by atoms with Crippen molar-refractivity contribution in [2.45, 2.75) is 24.3 Å². The van der Waals surface area contributed by atoms with E-state index in [4.69, 9.17) is 5.73 Å². The van der Waals surface area contributed by atoms with Crippen LogP contribution in [0.25, 0.3) is 0 Å². The Balaban J connectivity index is 0.00000338. The van der Waals surface area contributed by atoms with E-state index in [0.717, 1.165) is 11.6 Å². The van der Waals surface area contributed by atoms with Crippen LogP contribution < -0.4 is 15.8 Å². The first-order chi connectivity index (χ1) is 11.8. The summed E-state index contributed by atoms with van der Waals surface area (Å²) < 4.78 is 40.1. The average molecular weight is 402 g/mol. The van der Waals surface area contributed by atoms with Crippen molar-refractivity contribution in [2.24, 2.45) is 5.73 Å². The molecular weight excluding hydrogens is 381 g/mol. The molecule has 4 N–H and O–H groups in total. The van der Waals surface area contributed by atoms with Gasteiger partial charge in [0.1, 0.15) is 5.82 Å². The van der Waals surface area contributed by atoms with Crippen molar-refractivity contribution in [2.75, 3.05) is 11.9 Å². The van der Waals surface area contributed by atoms with E-state index < -0.39 is 27.8 Å². The number of nitrogens with one attached hydrogen (secondary N) is 2. The summed E-state index contributed by atoms with van der Waals surface area (Å²) in [6.07, 6.45) is 0.307. The van der Waals surface area contributed by atoms with Gasteiger partial charge in [0.05, 0.1) is 16.6 Å². The van der Waals surface area contributed by atoms with Crippen molar-refractivity contribution < 1.29 is 17.6 Å². The number of nitrogens with two attached hydrogens (primary N) is 1. The monoisotopic (exact) mass is 401 g/mol. The highest BCUT2D eigenvalue weighted by molar-refractivity contribution is 7.89. The second-order valence-corrected chi connectivity index (χ2v) is 7.20. The van der Waals surface area contributed by atoms with Crippen LogP contribution in [0.5, 0.6) is 0 Å². The van der Waals surface area contributed by atoms with Gasteiger partial charge in [-0.3, -0.25) is 4.79 Å². The van der Waals surface area contributed by atoms with Crippen LogP contribution in [-0.2, 0) is 21.2 Å². The van der Waals surface area contributed by atoms with Crippen molar-refractivity contribution in [3.05, 3.63) is 59.9 Å². The number of amides is 1. The molecule has 2 rings (SSSR count). The molecule has 0 saturated heterocycles. The van der Waals surface area contributed by atoms with Crippen molar-refractivity contribution in [1.29, 1.82) is 0 Å². The van der Waals surface area contributed by atoms with Crippen LogP contribution in [0.3, 0.4) is 0 Å². The maximum atomic E-state index is 14.1. The molecule has 142 valence electrons. The molecule has 0 bridgehead atoms. The van der Waals surface area contributed by atoms with Gasteiger partial charge in [-0.15, -0.1) is 12.4 Å². The van der Waals surface area contributed by atoms with Crippen LogP contribution in [0.2, 0.25) is 0 Å². The van der Waals surface area contributed by atoms with Gasteiger partial charge in [0, 0.05) is 6.54 Å². The van der Waals surface area contributed by atoms with Crippen LogP contribution in [0.1, 0.15) is 12.5 Å². The maximum absolute atomic E-state index is 14.1. The summed E-state index contributed by atoms with van der Waals surface area (Å²) in [6, 6.07) is 11.6. The number of carbonyl (C=O) groups is 1. The van der Waals surface area contributed by atoms with Gasteiger partial charge in [-0.1, -0.05) is 37.3 Å². The first-order valence-corrected chi connectivity index (χ1v) is 9.21. The standard InChI is InChI=1S/C17H20FN3O3S.ClH/c1-2-20-25(23,24)13-8-9-16(14(18)11-13)21-17(22)15(19)10-12-6-4-3-5-7-12;/h3-9,11,15,20H,2,10,19H2,1H3,(H,21,22);1H. The van der Waals surface area contributed by atoms with E-state index in [-0.39, 0.29) is 29.5 Å². The highest BCUT2D eigenvalue weighted by Gasteiger charge is 2.18. The van der Waals surface area contributed by atoms with E-state index in [1.165, 1.54) is 12.1 Å². The summed E-state index contributed by atoms with van der Waals surface area (Å²) in [5.74, 6) is -1.40. The number of anilines is 1. The second-order valence-electron chi connectivity index (χ2n) is 5.43. The van der Waals surface area contributed by atoms with Crippen LogP contribution in [-0.4, -0.2) is 26.9 Å². The van der Waals surface area contributed by atoms with Gasteiger partial charge in [0.15, 0.2) is 0 Å². The van der Waals surface area contributed by atoms with Gasteiger partial charge in [-0.25, -0.2) is 17.5 Å². The molecule has 0 aliphatic rings. The lowest BCUT2D eigenvalue weighted by atomic mass is 10.1. The molecular formula is C17H21ClFN3O3S. The minimum Gasteiger partial charge on any atom is -0.322 e. The average Bonchev–Trinajstić information content (AvgIpc) is 2.57. The largest absolute Gasteiger partial charge is 0.322 e. The fraction of sp³-hybridized carbons (Fsp3) is 0.235. The third-order valence-corrected chi connectivity index (χ3v) is 5.02. The molecule has 6 nitrogen and oxygen atoms in total. The van der Waals surface area contributed by atoms with E-state index in [2.05, 4.69) is 10.0 Å². The topological polar surface area (TPSA) is 101 Å². The van der Waals surface area contributed by atoms with Gasteiger partial charge >= 0.3 is 0 Å². The number of sulfonamides is 1. The summed E-state index contributed by atoms with van der Waals surface area (Å²) in [5, 5.41) is 2.39. The second kappa shape index (κ2) is 9.63. The molecule has 0 heterocycles. The lowest BCUT2D eigenvalue weighted by Crippen LogP contribution is -2.37. The van der Waals surface area contributed by atoms with Crippen LogP contribution in [0, 0.1) is 5.82 Å². The first-order valence-electron chi connectivity index (χ1n) is 7.73. The molecule has 0 fully saturated rings. The molecule has 0 spiro atoms. The molecule has 26 heavy (non-hydrogen) atoms. The van der Waals surface area contributed by atoms with Gasteiger partial charge < -0.3 is 11.1 Å². The summed E-state index contributed by atoms with van der Waals surface area (Å²) >= 11 is 0. The van der Waals surface area contributed by atoms with Gasteiger partial charge in [-0.05, 0) is 30.2 Å². The molecule has 1 atom stereocenters. The van der Waals surface area contributed by atoms with Crippen LogP contribution in [0.4, 0.5) is 10.1 Å². The van der Waals surface area contributed by atoms with Crippen molar-refractivity contribution in [3.63, 3.8) is 0 Å². The quantitative estimate of drug-likeness (QED) is 0.660. The molecule has 0 radical (unpaired) electrons. The Hall–Kier alpha value is -2.00. The number of rotatable bonds is 7. The highest BCUT2D eigenvalue weighted by atomic mass is 35.5. The Bertz CT molecular complexity index is 848. The molecule has 0 saturated carbocycles. The van der Waals surface area contributed by atoms with Gasteiger partial charge in [-0.2, -0.15) is 0 Å². The summed E-state index contributed by atoms with van der Waals surface area (Å²) in [6.45, 7) is 1.81. The molecule has 1 amide bonds. The van der Waals surface area contributed by atoms with Crippen molar-refractivity contribution in [3.8, 4) is 0 Å². The first kappa shape index (κ1) is 22.0. The molecule has 2 aromatic rings. The Labute approximate surface area is 158 Å². The zero-order valence-electron chi connectivity index (χ0n) is 14.1. The fourth-order valence-electron chi connectivity index (χ4n) is 2.22. The third kappa shape index (κ3) is 5.77. The molecule has 0 aliphatic heterocycles. The number of halogens is 2. The smallest absolute Gasteiger partial charge is 0.241 e. The third-order valence-electron chi connectivity index (χ3n) is 3.48. The predicted molar refractivity (Wildman–Crippen MR) is 101 cm³/mol. The molecule has 0 aliphatic carbocycles. The summed E-state index contributed by atoms with van der Waals surface area (Å²) in [7, 11) is -3.76. The Morgan fingerprint density at radius 3 is 2.42 bits per heavy atom. The zero-order valence-corrected chi connectivity index (χ0v) is 15.7. The normalized spacial score (nSPS) is 12.1. The molecule has 2 aromatic carbocycles. The van der Waals surface area contributed by atoms with Crippen LogP contribution in [0.15, 0.2) is 53.4 Å². The van der Waals surface area contributed by atoms with Crippen LogP contribution >= 0.6 is 12.4 Å². The van der Waals surface area contributed by atoms with E-state index in [1.807, 2.05) is 30.3 Å². The zero-order chi connectivity index (χ0) is 18.4. The molecule has 1 unspecified atom stereocenters. The lowest BCUT2D eigenvalue weighted by Gasteiger charge is -2.13. The molecule has 0 aromatic heterocycles. The SMILES string of the molecule is CCNS(=O)(=O)c1ccc(NC(=O)C(N)Cc2ccccc2)c(F)c1.Cl. The fourth-order valence-corrected chi connectivity index (χ4v) is 3.28. The van der Waals surface area contributed by atoms with E-state index in [9.17, 15) is 17.6 Å². The van der Waals surface area contributed by atoms with E-state index >= 15 is 0 Å². The number of benzene rings is 2. The summed E-state index contributed by atoms with van der Waals surface area (Å²) in [4.78, 5) is 11.9. The van der Waals surface area contributed by atoms with Crippen molar-refractivity contribution in [1.82, 2.24) is 4.72 Å². The molecule has 9 heteroatoms. The lowest BCUT2D eigenvalue weighted by molar-refractivity contribution is -0.117. The summed E-state index contributed by atoms with van der Waals surface area (Å²) in [5.41, 5.74) is 6.61. The Morgan fingerprint density at radius 1 is 1.19 bits per heavy atom. The number of hydrogen-bond donors (Lipinski definition) is 3. The minimum atomic E-state index is -3.76. The minimum absolute atomic E-state index is 0. The van der Waals surface area contributed by atoms with Gasteiger partial charge in [0.2, 0.25) is 15.9 Å². The predicted octanol–water partition coefficient (Wildman–Crippen LogP) is 2.05. The number of hydrogen-bond acceptors (Lipinski definition) is 4. The number of carbonyl (C=O) groups excluding carboxylic acids is 1. The highest BCUT2D eigenvalue weighted by Crippen LogP contribution is 2.19. The van der Waals surface area contributed by atoms with E-state index in [1.54, 1.807) is 6.92 Å². The Kier molecular flexibility index (Phi) is 8.16. The maximum Gasteiger partial charge on any atom is 0.241 e. The van der Waals surface area contributed by atoms with Crippen molar-refractivity contribution >= 4 is 34.0 Å². The van der Waals surface area contributed by atoms with Gasteiger partial charge in [0.25, 0.3) is 0 Å². The van der Waals surface area contributed by atoms with E-state index in [0.29, 0.717) is 6.42 Å².